The van der Waals surface area contributed by atoms with Crippen LogP contribution in [0.5, 0.6) is 0 Å². The lowest BCUT2D eigenvalue weighted by molar-refractivity contribution is -0.147. The number of nitrogens with one attached hydrogen (secondary N) is 1. The minimum absolute atomic E-state index is 0.185. The monoisotopic (exact) mass is 367 g/mol. The van der Waals surface area contributed by atoms with Gasteiger partial charge in [-0.25, -0.2) is 0 Å². The summed E-state index contributed by atoms with van der Waals surface area (Å²) in [6.45, 7) is 4.71. The molecular weight excluding hydrogens is 342 g/mol. The summed E-state index contributed by atoms with van der Waals surface area (Å²) in [6, 6.07) is 4.85. The van der Waals surface area contributed by atoms with Crippen molar-refractivity contribution in [3.05, 3.63) is 34.3 Å². The molecule has 25 heavy (non-hydrogen) atoms. The minimum Gasteiger partial charge on any atom is -0.383 e. The first kappa shape index (κ1) is 19.7. The molecule has 2 amide bonds. The van der Waals surface area contributed by atoms with Crippen molar-refractivity contribution < 1.29 is 14.7 Å². The first-order valence-electron chi connectivity index (χ1n) is 8.58. The van der Waals surface area contributed by atoms with Crippen LogP contribution in [0.1, 0.15) is 37.8 Å². The van der Waals surface area contributed by atoms with Crippen LogP contribution in [-0.2, 0) is 22.7 Å². The Labute approximate surface area is 153 Å². The molecule has 1 heterocycles. The highest BCUT2D eigenvalue weighted by Crippen LogP contribution is 2.21. The van der Waals surface area contributed by atoms with Gasteiger partial charge in [0.1, 0.15) is 12.1 Å². The predicted octanol–water partition coefficient (Wildman–Crippen LogP) is 1.42. The normalized spacial score (nSPS) is 18.5. The average molecular weight is 368 g/mol. The van der Waals surface area contributed by atoms with E-state index in [4.69, 9.17) is 17.3 Å². The number of hydrogen-bond acceptors (Lipinski definition) is 4. The molecule has 4 N–H and O–H groups in total. The third-order valence-electron chi connectivity index (χ3n) is 4.56. The van der Waals surface area contributed by atoms with Gasteiger partial charge < -0.3 is 21.1 Å². The zero-order valence-electron chi connectivity index (χ0n) is 14.7. The topological polar surface area (TPSA) is 95.7 Å². The molecule has 0 radical (unpaired) electrons. The maximum Gasteiger partial charge on any atom is 0.252 e. The van der Waals surface area contributed by atoms with Gasteiger partial charge in [-0.2, -0.15) is 0 Å². The summed E-state index contributed by atoms with van der Waals surface area (Å²) in [7, 11) is 0. The molecule has 7 heteroatoms. The first-order valence-corrected chi connectivity index (χ1v) is 8.96. The van der Waals surface area contributed by atoms with E-state index in [0.29, 0.717) is 31.1 Å². The summed E-state index contributed by atoms with van der Waals surface area (Å²) in [5.41, 5.74) is 7.49. The fourth-order valence-electron chi connectivity index (χ4n) is 3.02. The Morgan fingerprint density at radius 2 is 2.12 bits per heavy atom. The van der Waals surface area contributed by atoms with Crippen molar-refractivity contribution in [1.29, 1.82) is 0 Å². The number of halogens is 1. The van der Waals surface area contributed by atoms with E-state index in [2.05, 4.69) is 5.32 Å². The molecule has 0 spiro atoms. The molecule has 0 saturated carbocycles. The molecule has 2 atom stereocenters. The van der Waals surface area contributed by atoms with Gasteiger partial charge in [0.2, 0.25) is 5.91 Å². The van der Waals surface area contributed by atoms with Crippen molar-refractivity contribution in [2.75, 3.05) is 6.54 Å². The molecular formula is C18H26ClN3O3. The van der Waals surface area contributed by atoms with Gasteiger partial charge >= 0.3 is 0 Å². The van der Waals surface area contributed by atoms with E-state index in [1.165, 1.54) is 4.90 Å². The van der Waals surface area contributed by atoms with Gasteiger partial charge in [0.25, 0.3) is 5.91 Å². The molecule has 1 fully saturated rings. The van der Waals surface area contributed by atoms with E-state index in [0.717, 1.165) is 17.5 Å². The maximum atomic E-state index is 12.6. The van der Waals surface area contributed by atoms with Gasteiger partial charge in [-0.15, -0.1) is 0 Å². The van der Waals surface area contributed by atoms with Gasteiger partial charge in [-0.1, -0.05) is 31.5 Å². The molecule has 0 bridgehead atoms. The molecule has 2 rings (SSSR count). The van der Waals surface area contributed by atoms with Crippen molar-refractivity contribution in [3.63, 3.8) is 0 Å². The molecule has 1 aliphatic rings. The highest BCUT2D eigenvalue weighted by molar-refractivity contribution is 6.30. The molecule has 138 valence electrons. The molecule has 1 aliphatic heterocycles. The number of likely N-dealkylation sites (tertiary alicyclic amines) is 1. The fourth-order valence-corrected chi connectivity index (χ4v) is 3.21. The summed E-state index contributed by atoms with van der Waals surface area (Å²) in [5.74, 6) is -0.779. The third kappa shape index (κ3) is 4.71. The van der Waals surface area contributed by atoms with Crippen molar-refractivity contribution in [2.24, 2.45) is 11.7 Å². The smallest absolute Gasteiger partial charge is 0.252 e. The molecule has 2 unspecified atom stereocenters. The Kier molecular flexibility index (Phi) is 6.81. The second-order valence-corrected chi connectivity index (χ2v) is 7.15. The summed E-state index contributed by atoms with van der Waals surface area (Å²) >= 11 is 6.01. The van der Waals surface area contributed by atoms with E-state index in [9.17, 15) is 14.7 Å². The predicted molar refractivity (Wildman–Crippen MR) is 96.8 cm³/mol. The van der Waals surface area contributed by atoms with Crippen LogP contribution in [0, 0.1) is 5.92 Å². The summed E-state index contributed by atoms with van der Waals surface area (Å²) in [6.07, 6.45) is 0.270. The lowest BCUT2D eigenvalue weighted by atomic mass is 10.1. The molecule has 0 aliphatic carbocycles. The van der Waals surface area contributed by atoms with Crippen LogP contribution in [-0.4, -0.2) is 40.5 Å². The van der Waals surface area contributed by atoms with E-state index in [-0.39, 0.29) is 17.7 Å². The zero-order chi connectivity index (χ0) is 18.6. The highest BCUT2D eigenvalue weighted by atomic mass is 35.5. The summed E-state index contributed by atoms with van der Waals surface area (Å²) in [5, 5.41) is 13.5. The number of aliphatic hydroxyl groups excluding tert-OH is 1. The van der Waals surface area contributed by atoms with Crippen LogP contribution >= 0.6 is 11.6 Å². The van der Waals surface area contributed by atoms with Crippen LogP contribution in [0.3, 0.4) is 0 Å². The van der Waals surface area contributed by atoms with E-state index in [1.54, 1.807) is 26.0 Å². The van der Waals surface area contributed by atoms with Crippen LogP contribution < -0.4 is 11.1 Å². The number of carbonyl (C=O) groups excluding carboxylic acids is 2. The second-order valence-electron chi connectivity index (χ2n) is 6.71. The van der Waals surface area contributed by atoms with Crippen molar-refractivity contribution in [3.8, 4) is 0 Å². The number of amides is 2. The summed E-state index contributed by atoms with van der Waals surface area (Å²) in [4.78, 5) is 26.4. The second kappa shape index (κ2) is 8.65. The largest absolute Gasteiger partial charge is 0.383 e. The SMILES string of the molecule is CC(C)C(O)C(=O)N1CCCC1C(=O)NCc1cc(Cl)ccc1CN. The number of carbonyl (C=O) groups is 2. The lowest BCUT2D eigenvalue weighted by Gasteiger charge is -2.27. The van der Waals surface area contributed by atoms with Gasteiger partial charge in [-0.05, 0) is 42.0 Å². The van der Waals surface area contributed by atoms with Gasteiger partial charge in [0.05, 0.1) is 0 Å². The molecule has 0 aromatic heterocycles. The number of nitrogens with zero attached hydrogens (tertiary/aromatic N) is 1. The van der Waals surface area contributed by atoms with E-state index < -0.39 is 12.1 Å². The fraction of sp³-hybridized carbons (Fsp3) is 0.556. The minimum atomic E-state index is -1.08. The van der Waals surface area contributed by atoms with Crippen LogP contribution in [0.25, 0.3) is 0 Å². The Morgan fingerprint density at radius 3 is 2.76 bits per heavy atom. The lowest BCUT2D eigenvalue weighted by Crippen LogP contribution is -2.50. The van der Waals surface area contributed by atoms with Gasteiger partial charge in [0, 0.05) is 24.7 Å². The average Bonchev–Trinajstić information content (AvgIpc) is 3.08. The highest BCUT2D eigenvalue weighted by Gasteiger charge is 2.37. The maximum absolute atomic E-state index is 12.6. The van der Waals surface area contributed by atoms with Crippen LogP contribution in [0.2, 0.25) is 5.02 Å². The Balaban J connectivity index is 2.03. The quantitative estimate of drug-likeness (QED) is 0.708. The Hall–Kier alpha value is -1.63. The number of benzene rings is 1. The van der Waals surface area contributed by atoms with Gasteiger partial charge in [0.15, 0.2) is 0 Å². The van der Waals surface area contributed by atoms with Crippen molar-refractivity contribution in [1.82, 2.24) is 10.2 Å². The first-order chi connectivity index (χ1) is 11.8. The number of nitrogens with two attached hydrogens (primary N) is 1. The number of aliphatic hydroxyl groups is 1. The van der Waals surface area contributed by atoms with Crippen LogP contribution in [0.15, 0.2) is 18.2 Å². The number of rotatable bonds is 6. The Morgan fingerprint density at radius 1 is 1.40 bits per heavy atom. The Bertz CT molecular complexity index is 636. The third-order valence-corrected chi connectivity index (χ3v) is 4.80. The molecule has 1 aromatic rings. The zero-order valence-corrected chi connectivity index (χ0v) is 15.4. The van der Waals surface area contributed by atoms with Crippen LogP contribution in [0.4, 0.5) is 0 Å². The molecule has 1 aromatic carbocycles. The molecule has 1 saturated heterocycles. The standard InChI is InChI=1S/C18H26ClN3O3/c1-11(2)16(23)18(25)22-7-3-4-15(22)17(24)21-10-13-8-14(19)6-5-12(13)9-20/h5-6,8,11,15-16,23H,3-4,7,9-10,20H2,1-2H3,(H,21,24). The van der Waals surface area contributed by atoms with Crippen molar-refractivity contribution >= 4 is 23.4 Å². The van der Waals surface area contributed by atoms with E-state index in [1.807, 2.05) is 6.07 Å². The molecule has 6 nitrogen and oxygen atoms in total. The van der Waals surface area contributed by atoms with Crippen molar-refractivity contribution in [2.45, 2.75) is 51.9 Å². The van der Waals surface area contributed by atoms with Gasteiger partial charge in [-0.3, -0.25) is 9.59 Å². The number of hydrogen-bond donors (Lipinski definition) is 3. The van der Waals surface area contributed by atoms with E-state index >= 15 is 0 Å². The summed E-state index contributed by atoms with van der Waals surface area (Å²) < 4.78 is 0.